The highest BCUT2D eigenvalue weighted by Gasteiger charge is 2.36. The van der Waals surface area contributed by atoms with Crippen LogP contribution in [0, 0.1) is 6.92 Å². The number of carbonyl (C=O) groups is 1. The highest BCUT2D eigenvalue weighted by molar-refractivity contribution is 5.87. The maximum atomic E-state index is 12.4. The Morgan fingerprint density at radius 2 is 2.16 bits per heavy atom. The number of nitrogens with zero attached hydrogens (tertiary/aromatic N) is 2. The Balaban J connectivity index is 2.32. The standard InChI is InChI=1S/C15H22N2O2/c1-11-5-4-6-13(9-11)17-10-12(2)16(3)15(19)14(17)7-8-18/h4-6,9,12,14,18H,7-8,10H2,1-3H3. The van der Waals surface area contributed by atoms with Crippen LogP contribution in [-0.2, 0) is 4.79 Å². The van der Waals surface area contributed by atoms with Gasteiger partial charge in [-0.25, -0.2) is 0 Å². The maximum absolute atomic E-state index is 12.4. The number of aliphatic hydroxyl groups is 1. The molecule has 1 amide bonds. The second-order valence-electron chi connectivity index (χ2n) is 5.32. The Morgan fingerprint density at radius 3 is 2.79 bits per heavy atom. The lowest BCUT2D eigenvalue weighted by molar-refractivity contribution is -0.135. The molecular formula is C15H22N2O2. The summed E-state index contributed by atoms with van der Waals surface area (Å²) in [6.07, 6.45) is 0.476. The van der Waals surface area contributed by atoms with Crippen molar-refractivity contribution in [3.05, 3.63) is 29.8 Å². The summed E-state index contributed by atoms with van der Waals surface area (Å²) in [7, 11) is 1.84. The van der Waals surface area contributed by atoms with E-state index in [0.717, 1.165) is 12.2 Å². The van der Waals surface area contributed by atoms with Gasteiger partial charge in [-0.3, -0.25) is 4.79 Å². The van der Waals surface area contributed by atoms with Crippen molar-refractivity contribution < 1.29 is 9.90 Å². The first-order valence-corrected chi connectivity index (χ1v) is 6.75. The van der Waals surface area contributed by atoms with Crippen molar-refractivity contribution in [2.75, 3.05) is 25.1 Å². The van der Waals surface area contributed by atoms with Crippen LogP contribution in [0.5, 0.6) is 0 Å². The van der Waals surface area contributed by atoms with E-state index >= 15 is 0 Å². The van der Waals surface area contributed by atoms with Gasteiger partial charge >= 0.3 is 0 Å². The Labute approximate surface area is 114 Å². The molecule has 19 heavy (non-hydrogen) atoms. The van der Waals surface area contributed by atoms with E-state index < -0.39 is 0 Å². The molecule has 2 atom stereocenters. The molecule has 1 N–H and O–H groups in total. The second-order valence-corrected chi connectivity index (χ2v) is 5.32. The molecule has 0 radical (unpaired) electrons. The largest absolute Gasteiger partial charge is 0.396 e. The van der Waals surface area contributed by atoms with Gasteiger partial charge in [-0.2, -0.15) is 0 Å². The summed E-state index contributed by atoms with van der Waals surface area (Å²) in [4.78, 5) is 16.3. The molecule has 104 valence electrons. The molecule has 1 aliphatic heterocycles. The number of hydrogen-bond donors (Lipinski definition) is 1. The van der Waals surface area contributed by atoms with Crippen LogP contribution in [0.2, 0.25) is 0 Å². The summed E-state index contributed by atoms with van der Waals surface area (Å²) < 4.78 is 0. The monoisotopic (exact) mass is 262 g/mol. The normalized spacial score (nSPS) is 23.9. The zero-order valence-corrected chi connectivity index (χ0v) is 11.8. The minimum Gasteiger partial charge on any atom is -0.396 e. The van der Waals surface area contributed by atoms with E-state index in [2.05, 4.69) is 17.9 Å². The van der Waals surface area contributed by atoms with Gasteiger partial charge in [-0.1, -0.05) is 12.1 Å². The summed E-state index contributed by atoms with van der Waals surface area (Å²) >= 11 is 0. The van der Waals surface area contributed by atoms with Gasteiger partial charge in [-0.15, -0.1) is 0 Å². The molecule has 1 heterocycles. The fraction of sp³-hybridized carbons (Fsp3) is 0.533. The lowest BCUT2D eigenvalue weighted by Crippen LogP contribution is -2.60. The van der Waals surface area contributed by atoms with Crippen LogP contribution in [0.4, 0.5) is 5.69 Å². The number of piperazine rings is 1. The van der Waals surface area contributed by atoms with Crippen LogP contribution in [-0.4, -0.2) is 48.2 Å². The van der Waals surface area contributed by atoms with E-state index in [1.54, 1.807) is 4.90 Å². The third-order valence-electron chi connectivity index (χ3n) is 3.87. The first-order chi connectivity index (χ1) is 9.04. The summed E-state index contributed by atoms with van der Waals surface area (Å²) in [6.45, 7) is 4.93. The van der Waals surface area contributed by atoms with Crippen LogP contribution in [0.25, 0.3) is 0 Å². The highest BCUT2D eigenvalue weighted by Crippen LogP contribution is 2.25. The summed E-state index contributed by atoms with van der Waals surface area (Å²) in [6, 6.07) is 8.11. The SMILES string of the molecule is Cc1cccc(N2CC(C)N(C)C(=O)C2CCO)c1. The molecule has 2 rings (SSSR count). The Kier molecular flexibility index (Phi) is 4.10. The van der Waals surface area contributed by atoms with Gasteiger partial charge in [0.15, 0.2) is 0 Å². The molecule has 0 aliphatic carbocycles. The molecule has 1 aromatic carbocycles. The average molecular weight is 262 g/mol. The lowest BCUT2D eigenvalue weighted by atomic mass is 10.0. The van der Waals surface area contributed by atoms with Crippen LogP contribution in [0.15, 0.2) is 24.3 Å². The number of benzene rings is 1. The molecule has 1 saturated heterocycles. The van der Waals surface area contributed by atoms with Gasteiger partial charge in [-0.05, 0) is 38.0 Å². The second kappa shape index (κ2) is 5.61. The van der Waals surface area contributed by atoms with E-state index in [1.165, 1.54) is 5.56 Å². The number of aliphatic hydroxyl groups excluding tert-OH is 1. The first kappa shape index (κ1) is 13.9. The van der Waals surface area contributed by atoms with Crippen molar-refractivity contribution in [2.24, 2.45) is 0 Å². The Morgan fingerprint density at radius 1 is 1.42 bits per heavy atom. The minimum absolute atomic E-state index is 0.0287. The van der Waals surface area contributed by atoms with Crippen molar-refractivity contribution in [2.45, 2.75) is 32.4 Å². The van der Waals surface area contributed by atoms with Crippen LogP contribution in [0.3, 0.4) is 0 Å². The molecule has 2 unspecified atom stereocenters. The van der Waals surface area contributed by atoms with Gasteiger partial charge in [0.25, 0.3) is 0 Å². The van der Waals surface area contributed by atoms with E-state index in [1.807, 2.05) is 32.2 Å². The van der Waals surface area contributed by atoms with E-state index in [0.29, 0.717) is 6.42 Å². The summed E-state index contributed by atoms with van der Waals surface area (Å²) in [5.41, 5.74) is 2.24. The Hall–Kier alpha value is -1.55. The van der Waals surface area contributed by atoms with Crippen molar-refractivity contribution in [1.29, 1.82) is 0 Å². The summed E-state index contributed by atoms with van der Waals surface area (Å²) in [5.74, 6) is 0.0920. The third kappa shape index (κ3) is 2.73. The number of rotatable bonds is 3. The molecule has 4 heteroatoms. The third-order valence-corrected chi connectivity index (χ3v) is 3.87. The molecule has 1 aromatic rings. The van der Waals surface area contributed by atoms with Gasteiger partial charge < -0.3 is 14.9 Å². The molecule has 1 fully saturated rings. The lowest BCUT2D eigenvalue weighted by Gasteiger charge is -2.44. The zero-order valence-electron chi connectivity index (χ0n) is 11.8. The molecular weight excluding hydrogens is 240 g/mol. The van der Waals surface area contributed by atoms with Crippen molar-refractivity contribution in [1.82, 2.24) is 4.90 Å². The van der Waals surface area contributed by atoms with E-state index in [9.17, 15) is 9.90 Å². The van der Waals surface area contributed by atoms with E-state index in [-0.39, 0.29) is 24.6 Å². The van der Waals surface area contributed by atoms with Crippen LogP contribution >= 0.6 is 0 Å². The smallest absolute Gasteiger partial charge is 0.245 e. The highest BCUT2D eigenvalue weighted by atomic mass is 16.3. The van der Waals surface area contributed by atoms with Crippen molar-refractivity contribution >= 4 is 11.6 Å². The fourth-order valence-corrected chi connectivity index (χ4v) is 2.61. The number of aryl methyl sites for hydroxylation is 1. The molecule has 0 spiro atoms. The van der Waals surface area contributed by atoms with Crippen LogP contribution in [0.1, 0.15) is 18.9 Å². The van der Waals surface area contributed by atoms with Crippen molar-refractivity contribution in [3.8, 4) is 0 Å². The zero-order chi connectivity index (χ0) is 14.0. The predicted molar refractivity (Wildman–Crippen MR) is 76.2 cm³/mol. The molecule has 0 bridgehead atoms. The number of likely N-dealkylation sites (N-methyl/N-ethyl adjacent to an activating group) is 1. The molecule has 4 nitrogen and oxygen atoms in total. The molecule has 1 aliphatic rings. The number of carbonyl (C=O) groups excluding carboxylic acids is 1. The predicted octanol–water partition coefficient (Wildman–Crippen LogP) is 1.41. The van der Waals surface area contributed by atoms with E-state index in [4.69, 9.17) is 0 Å². The maximum Gasteiger partial charge on any atom is 0.245 e. The number of anilines is 1. The van der Waals surface area contributed by atoms with Gasteiger partial charge in [0.1, 0.15) is 6.04 Å². The van der Waals surface area contributed by atoms with Crippen molar-refractivity contribution in [3.63, 3.8) is 0 Å². The topological polar surface area (TPSA) is 43.8 Å². The molecule has 0 aromatic heterocycles. The fourth-order valence-electron chi connectivity index (χ4n) is 2.61. The number of hydrogen-bond acceptors (Lipinski definition) is 3. The summed E-state index contributed by atoms with van der Waals surface area (Å²) in [5, 5.41) is 9.21. The number of amides is 1. The average Bonchev–Trinajstić information content (AvgIpc) is 2.39. The quantitative estimate of drug-likeness (QED) is 0.896. The van der Waals surface area contributed by atoms with Crippen LogP contribution < -0.4 is 4.90 Å². The van der Waals surface area contributed by atoms with Gasteiger partial charge in [0.05, 0.1) is 0 Å². The molecule has 0 saturated carbocycles. The first-order valence-electron chi connectivity index (χ1n) is 6.75. The van der Waals surface area contributed by atoms with Gasteiger partial charge in [0.2, 0.25) is 5.91 Å². The Bertz CT molecular complexity index is 461. The minimum atomic E-state index is -0.256. The van der Waals surface area contributed by atoms with Gasteiger partial charge in [0, 0.05) is 31.9 Å².